The van der Waals surface area contributed by atoms with Gasteiger partial charge in [0.05, 0.1) is 13.0 Å². The Hall–Kier alpha value is -2.30. The third kappa shape index (κ3) is 4.84. The van der Waals surface area contributed by atoms with E-state index in [0.29, 0.717) is 19.1 Å². The summed E-state index contributed by atoms with van der Waals surface area (Å²) in [6.07, 6.45) is 8.68. The molecule has 3 rings (SSSR count). The van der Waals surface area contributed by atoms with E-state index in [0.717, 1.165) is 43.9 Å². The topological polar surface area (TPSA) is 47.4 Å². The Morgan fingerprint density at radius 2 is 2.12 bits per heavy atom. The fourth-order valence-electron chi connectivity index (χ4n) is 3.47. The lowest BCUT2D eigenvalue weighted by molar-refractivity contribution is -0.135. The molecule has 0 aliphatic carbocycles. The Kier molecular flexibility index (Phi) is 6.09. The smallest absolute Gasteiger partial charge is 0.226 e. The highest BCUT2D eigenvalue weighted by atomic mass is 16.5. The second-order valence-corrected chi connectivity index (χ2v) is 6.60. The molecule has 0 spiro atoms. The first kappa shape index (κ1) is 17.5. The maximum atomic E-state index is 12.7. The molecule has 2 heterocycles. The van der Waals surface area contributed by atoms with Gasteiger partial charge in [0, 0.05) is 31.5 Å². The molecule has 0 saturated carbocycles. The van der Waals surface area contributed by atoms with E-state index in [1.807, 2.05) is 49.6 Å². The maximum absolute atomic E-state index is 12.7. The number of benzene rings is 1. The Morgan fingerprint density at radius 1 is 1.28 bits per heavy atom. The van der Waals surface area contributed by atoms with Crippen molar-refractivity contribution in [2.24, 2.45) is 0 Å². The van der Waals surface area contributed by atoms with Gasteiger partial charge in [-0.05, 0) is 44.7 Å². The number of nitrogens with zero attached hydrogens (tertiary/aromatic N) is 3. The van der Waals surface area contributed by atoms with E-state index in [1.165, 1.54) is 6.42 Å². The van der Waals surface area contributed by atoms with Gasteiger partial charge in [0.15, 0.2) is 0 Å². The summed E-state index contributed by atoms with van der Waals surface area (Å²) >= 11 is 0. The van der Waals surface area contributed by atoms with Crippen LogP contribution in [0.3, 0.4) is 0 Å². The lowest BCUT2D eigenvalue weighted by Gasteiger charge is -2.36. The van der Waals surface area contributed by atoms with Crippen LogP contribution in [0.1, 0.15) is 37.9 Å². The zero-order valence-electron chi connectivity index (χ0n) is 14.9. The van der Waals surface area contributed by atoms with Crippen LogP contribution in [0.25, 0.3) is 0 Å². The molecule has 1 aliphatic rings. The molecule has 0 bridgehead atoms. The second kappa shape index (κ2) is 8.70. The molecule has 25 heavy (non-hydrogen) atoms. The monoisotopic (exact) mass is 341 g/mol. The van der Waals surface area contributed by atoms with Crippen LogP contribution >= 0.6 is 0 Å². The first-order valence-electron chi connectivity index (χ1n) is 9.19. The van der Waals surface area contributed by atoms with E-state index < -0.39 is 0 Å². The molecule has 1 unspecified atom stereocenters. The van der Waals surface area contributed by atoms with E-state index >= 15 is 0 Å². The molecule has 2 aromatic rings. The number of carbonyl (C=O) groups is 1. The summed E-state index contributed by atoms with van der Waals surface area (Å²) < 4.78 is 7.84. The van der Waals surface area contributed by atoms with Gasteiger partial charge in [-0.15, -0.1) is 0 Å². The minimum atomic E-state index is 0.211. The van der Waals surface area contributed by atoms with Crippen LogP contribution in [0, 0.1) is 6.92 Å². The molecule has 1 aromatic carbocycles. The summed E-state index contributed by atoms with van der Waals surface area (Å²) in [5.41, 5.74) is 0. The molecule has 1 aliphatic heterocycles. The number of aryl methyl sites for hydroxylation is 2. The number of hydrogen-bond donors (Lipinski definition) is 0. The van der Waals surface area contributed by atoms with Gasteiger partial charge in [-0.1, -0.05) is 18.2 Å². The Balaban J connectivity index is 1.49. The van der Waals surface area contributed by atoms with E-state index in [1.54, 1.807) is 0 Å². The molecule has 1 amide bonds. The number of ether oxygens (including phenoxy) is 1. The molecule has 1 saturated heterocycles. The van der Waals surface area contributed by atoms with Gasteiger partial charge in [-0.3, -0.25) is 4.79 Å². The van der Waals surface area contributed by atoms with E-state index in [2.05, 4.69) is 14.5 Å². The van der Waals surface area contributed by atoms with Crippen molar-refractivity contribution in [2.45, 2.75) is 51.6 Å². The minimum absolute atomic E-state index is 0.211. The lowest BCUT2D eigenvalue weighted by atomic mass is 9.99. The molecular formula is C20H27N3O2. The van der Waals surface area contributed by atoms with Crippen molar-refractivity contribution in [1.29, 1.82) is 0 Å². The van der Waals surface area contributed by atoms with E-state index in [9.17, 15) is 4.79 Å². The third-order valence-corrected chi connectivity index (χ3v) is 4.90. The molecule has 1 atom stereocenters. The van der Waals surface area contributed by atoms with Gasteiger partial charge in [0.2, 0.25) is 5.91 Å². The molecule has 5 nitrogen and oxygen atoms in total. The fourth-order valence-corrected chi connectivity index (χ4v) is 3.47. The lowest BCUT2D eigenvalue weighted by Crippen LogP contribution is -2.44. The number of amides is 1. The Morgan fingerprint density at radius 3 is 2.88 bits per heavy atom. The first-order valence-corrected chi connectivity index (χ1v) is 9.19. The quantitative estimate of drug-likeness (QED) is 0.775. The Labute approximate surface area is 149 Å². The maximum Gasteiger partial charge on any atom is 0.226 e. The van der Waals surface area contributed by atoms with Crippen LogP contribution < -0.4 is 4.74 Å². The largest absolute Gasteiger partial charge is 0.493 e. The van der Waals surface area contributed by atoms with Crippen LogP contribution in [0.2, 0.25) is 0 Å². The molecule has 0 radical (unpaired) electrons. The number of hydrogen-bond acceptors (Lipinski definition) is 3. The van der Waals surface area contributed by atoms with E-state index in [4.69, 9.17) is 4.74 Å². The van der Waals surface area contributed by atoms with Gasteiger partial charge in [-0.25, -0.2) is 4.98 Å². The van der Waals surface area contributed by atoms with Gasteiger partial charge >= 0.3 is 0 Å². The highest BCUT2D eigenvalue weighted by molar-refractivity contribution is 5.76. The predicted octanol–water partition coefficient (Wildman–Crippen LogP) is 3.43. The first-order chi connectivity index (χ1) is 12.2. The standard InChI is InChI=1S/C20H27N3O2/c1-17-21-12-15-22(17)14-10-18-7-5-6-13-23(18)20(24)11-16-25-19-8-3-2-4-9-19/h2-4,8-9,12,15,18H,5-7,10-11,13-14,16H2,1H3. The number of likely N-dealkylation sites (tertiary alicyclic amines) is 1. The molecule has 1 aromatic heterocycles. The number of imidazole rings is 1. The summed E-state index contributed by atoms with van der Waals surface area (Å²) in [4.78, 5) is 19.0. The number of carbonyl (C=O) groups excluding carboxylic acids is 1. The van der Waals surface area contributed by atoms with Crippen molar-refractivity contribution in [2.75, 3.05) is 13.2 Å². The number of para-hydroxylation sites is 1. The van der Waals surface area contributed by atoms with Crippen molar-refractivity contribution in [1.82, 2.24) is 14.5 Å². The summed E-state index contributed by atoms with van der Waals surface area (Å²) in [5, 5.41) is 0. The predicted molar refractivity (Wildman–Crippen MR) is 97.5 cm³/mol. The molecular weight excluding hydrogens is 314 g/mol. The van der Waals surface area contributed by atoms with Gasteiger partial charge in [-0.2, -0.15) is 0 Å². The van der Waals surface area contributed by atoms with Crippen molar-refractivity contribution in [3.63, 3.8) is 0 Å². The SMILES string of the molecule is Cc1nccn1CCC1CCCCN1C(=O)CCOc1ccccc1. The summed E-state index contributed by atoms with van der Waals surface area (Å²) in [7, 11) is 0. The number of piperidine rings is 1. The summed E-state index contributed by atoms with van der Waals surface area (Å²) in [6, 6.07) is 10.0. The van der Waals surface area contributed by atoms with Crippen molar-refractivity contribution in [3.8, 4) is 5.75 Å². The molecule has 1 fully saturated rings. The Bertz CT molecular complexity index is 669. The van der Waals surface area contributed by atoms with Crippen LogP contribution in [0.15, 0.2) is 42.7 Å². The van der Waals surface area contributed by atoms with E-state index in [-0.39, 0.29) is 5.91 Å². The van der Waals surface area contributed by atoms with Crippen molar-refractivity contribution in [3.05, 3.63) is 48.5 Å². The summed E-state index contributed by atoms with van der Waals surface area (Å²) in [6.45, 7) is 4.25. The zero-order valence-corrected chi connectivity index (χ0v) is 14.9. The van der Waals surface area contributed by atoms with Crippen molar-refractivity contribution >= 4 is 5.91 Å². The number of aromatic nitrogens is 2. The highest BCUT2D eigenvalue weighted by Crippen LogP contribution is 2.21. The van der Waals surface area contributed by atoms with Gasteiger partial charge < -0.3 is 14.2 Å². The molecule has 134 valence electrons. The molecule has 0 N–H and O–H groups in total. The number of rotatable bonds is 7. The highest BCUT2D eigenvalue weighted by Gasteiger charge is 2.26. The van der Waals surface area contributed by atoms with Gasteiger partial charge in [0.1, 0.15) is 11.6 Å². The average molecular weight is 341 g/mol. The molecule has 5 heteroatoms. The average Bonchev–Trinajstić information content (AvgIpc) is 3.06. The van der Waals surface area contributed by atoms with Crippen LogP contribution in [0.5, 0.6) is 5.75 Å². The van der Waals surface area contributed by atoms with Crippen LogP contribution in [-0.4, -0.2) is 39.6 Å². The minimum Gasteiger partial charge on any atom is -0.493 e. The zero-order chi connectivity index (χ0) is 17.5. The van der Waals surface area contributed by atoms with Gasteiger partial charge in [0.25, 0.3) is 0 Å². The van der Waals surface area contributed by atoms with Crippen molar-refractivity contribution < 1.29 is 9.53 Å². The summed E-state index contributed by atoms with van der Waals surface area (Å²) in [5.74, 6) is 2.06. The fraction of sp³-hybridized carbons (Fsp3) is 0.500. The second-order valence-electron chi connectivity index (χ2n) is 6.60. The van der Waals surface area contributed by atoms with Crippen LogP contribution in [0.4, 0.5) is 0 Å². The van der Waals surface area contributed by atoms with Crippen LogP contribution in [-0.2, 0) is 11.3 Å². The normalized spacial score (nSPS) is 17.5. The third-order valence-electron chi connectivity index (χ3n) is 4.90.